The predicted molar refractivity (Wildman–Crippen MR) is 137 cm³/mol. The van der Waals surface area contributed by atoms with Crippen LogP contribution < -0.4 is 10.2 Å². The molecule has 0 amide bonds. The molecule has 5 rings (SSSR count). The van der Waals surface area contributed by atoms with Gasteiger partial charge in [0.15, 0.2) is 5.11 Å². The molecule has 0 radical (unpaired) electrons. The maximum absolute atomic E-state index is 6.17. The van der Waals surface area contributed by atoms with Crippen molar-refractivity contribution in [1.82, 2.24) is 19.9 Å². The maximum atomic E-state index is 6.17. The van der Waals surface area contributed by atoms with Gasteiger partial charge in [0.2, 0.25) is 0 Å². The number of aromatic nitrogens is 3. The Hall–Kier alpha value is -3.22. The monoisotopic (exact) mass is 473 g/mol. The largest absolute Gasteiger partial charge is 0.351 e. The van der Waals surface area contributed by atoms with E-state index in [1.807, 2.05) is 60.9 Å². The molecular formula is C26H24ClN5S. The molecule has 4 heterocycles. The fraction of sp³-hybridized carbons (Fsp3) is 0.192. The van der Waals surface area contributed by atoms with Gasteiger partial charge >= 0.3 is 0 Å². The number of benzene rings is 1. The first-order chi connectivity index (χ1) is 16.0. The van der Waals surface area contributed by atoms with Crippen LogP contribution >= 0.6 is 23.8 Å². The lowest BCUT2D eigenvalue weighted by Gasteiger charge is -2.28. The first kappa shape index (κ1) is 21.6. The number of nitrogens with one attached hydrogen (secondary N) is 1. The average Bonchev–Trinajstić information content (AvgIpc) is 3.32. The lowest BCUT2D eigenvalue weighted by molar-refractivity contribution is 0.563. The quantitative estimate of drug-likeness (QED) is 0.372. The summed E-state index contributed by atoms with van der Waals surface area (Å²) in [6.07, 6.45) is 5.55. The molecule has 166 valence electrons. The van der Waals surface area contributed by atoms with E-state index in [9.17, 15) is 0 Å². The molecule has 0 unspecified atom stereocenters. The first-order valence-electron chi connectivity index (χ1n) is 10.8. The number of anilines is 1. The Bertz CT molecular complexity index is 1270. The van der Waals surface area contributed by atoms with E-state index in [-0.39, 0.29) is 12.1 Å². The number of rotatable bonds is 5. The zero-order valence-corrected chi connectivity index (χ0v) is 20.0. The summed E-state index contributed by atoms with van der Waals surface area (Å²) in [6.45, 7) is 5.09. The summed E-state index contributed by atoms with van der Waals surface area (Å²) in [6, 6.07) is 20.0. The van der Waals surface area contributed by atoms with Gasteiger partial charge in [0.25, 0.3) is 0 Å². The van der Waals surface area contributed by atoms with Crippen molar-refractivity contribution < 1.29 is 0 Å². The zero-order chi connectivity index (χ0) is 22.9. The second-order valence-electron chi connectivity index (χ2n) is 8.25. The second kappa shape index (κ2) is 8.96. The van der Waals surface area contributed by atoms with E-state index in [2.05, 4.69) is 50.7 Å². The van der Waals surface area contributed by atoms with Crippen molar-refractivity contribution in [2.75, 3.05) is 4.90 Å². The highest BCUT2D eigenvalue weighted by molar-refractivity contribution is 7.80. The van der Waals surface area contributed by atoms with E-state index in [0.717, 1.165) is 17.9 Å². The van der Waals surface area contributed by atoms with Gasteiger partial charge in [-0.3, -0.25) is 9.97 Å². The summed E-state index contributed by atoms with van der Waals surface area (Å²) in [7, 11) is 0. The topological polar surface area (TPSA) is 46.0 Å². The molecule has 0 saturated carbocycles. The van der Waals surface area contributed by atoms with Crippen LogP contribution in [0.1, 0.15) is 40.3 Å². The van der Waals surface area contributed by atoms with Crippen LogP contribution in [0.25, 0.3) is 0 Å². The smallest absolute Gasteiger partial charge is 0.174 e. The molecule has 1 aliphatic heterocycles. The number of hydrogen-bond donors (Lipinski definition) is 1. The summed E-state index contributed by atoms with van der Waals surface area (Å²) in [5.41, 5.74) is 6.74. The van der Waals surface area contributed by atoms with Crippen LogP contribution in [0.3, 0.4) is 0 Å². The molecule has 1 saturated heterocycles. The van der Waals surface area contributed by atoms with Crippen molar-refractivity contribution in [2.45, 2.75) is 32.5 Å². The molecule has 0 spiro atoms. The molecule has 0 aliphatic carbocycles. The Morgan fingerprint density at radius 1 is 1.03 bits per heavy atom. The van der Waals surface area contributed by atoms with Gasteiger partial charge in [0, 0.05) is 47.2 Å². The lowest BCUT2D eigenvalue weighted by atomic mass is 9.96. The summed E-state index contributed by atoms with van der Waals surface area (Å²) in [4.78, 5) is 11.1. The number of pyridine rings is 2. The molecule has 33 heavy (non-hydrogen) atoms. The van der Waals surface area contributed by atoms with Crippen LogP contribution in [0, 0.1) is 13.8 Å². The molecule has 3 aromatic heterocycles. The third kappa shape index (κ3) is 4.12. The van der Waals surface area contributed by atoms with Gasteiger partial charge < -0.3 is 14.8 Å². The van der Waals surface area contributed by atoms with Gasteiger partial charge in [-0.05, 0) is 85.7 Å². The number of hydrogen-bond acceptors (Lipinski definition) is 3. The number of thiocarbonyl (C=S) groups is 1. The summed E-state index contributed by atoms with van der Waals surface area (Å²) >= 11 is 12.0. The number of nitrogens with zero attached hydrogens (tertiary/aromatic N) is 4. The highest BCUT2D eigenvalue weighted by atomic mass is 35.5. The van der Waals surface area contributed by atoms with Crippen molar-refractivity contribution in [2.24, 2.45) is 0 Å². The third-order valence-electron chi connectivity index (χ3n) is 6.20. The van der Waals surface area contributed by atoms with Crippen LogP contribution in [0.5, 0.6) is 0 Å². The Morgan fingerprint density at radius 3 is 2.55 bits per heavy atom. The van der Waals surface area contributed by atoms with Crippen LogP contribution in [0.2, 0.25) is 5.02 Å². The van der Waals surface area contributed by atoms with Crippen LogP contribution in [0.4, 0.5) is 5.69 Å². The zero-order valence-electron chi connectivity index (χ0n) is 18.4. The van der Waals surface area contributed by atoms with Gasteiger partial charge in [0.1, 0.15) is 0 Å². The predicted octanol–water partition coefficient (Wildman–Crippen LogP) is 5.77. The highest BCUT2D eigenvalue weighted by Crippen LogP contribution is 2.43. The lowest BCUT2D eigenvalue weighted by Crippen LogP contribution is -2.29. The third-order valence-corrected chi connectivity index (χ3v) is 6.76. The normalized spacial score (nSPS) is 17.9. The molecule has 1 aliphatic rings. The molecule has 7 heteroatoms. The number of halogens is 1. The van der Waals surface area contributed by atoms with Crippen LogP contribution in [-0.2, 0) is 6.54 Å². The van der Waals surface area contributed by atoms with E-state index >= 15 is 0 Å². The van der Waals surface area contributed by atoms with E-state index in [0.29, 0.717) is 10.1 Å². The SMILES string of the molecule is Cc1cc([C@@H]2[C@@H](c3ccccn3)NC(=S)N2c2ccc(Cl)cc2)c(C)n1Cc1cccnc1. The minimum absolute atomic E-state index is 0.0533. The van der Waals surface area contributed by atoms with E-state index in [1.165, 1.54) is 22.5 Å². The summed E-state index contributed by atoms with van der Waals surface area (Å²) in [5.74, 6) is 0. The summed E-state index contributed by atoms with van der Waals surface area (Å²) < 4.78 is 2.34. The molecule has 1 fully saturated rings. The molecule has 1 aromatic carbocycles. The Labute approximate surface area is 204 Å². The highest BCUT2D eigenvalue weighted by Gasteiger charge is 2.42. The van der Waals surface area contributed by atoms with Crippen molar-refractivity contribution in [3.8, 4) is 0 Å². The minimum atomic E-state index is -0.0817. The van der Waals surface area contributed by atoms with Gasteiger partial charge in [-0.2, -0.15) is 0 Å². The molecule has 5 nitrogen and oxygen atoms in total. The van der Waals surface area contributed by atoms with E-state index in [1.54, 1.807) is 6.20 Å². The molecule has 2 atom stereocenters. The van der Waals surface area contributed by atoms with Crippen molar-refractivity contribution in [3.05, 3.63) is 112 Å². The molecule has 1 N–H and O–H groups in total. The van der Waals surface area contributed by atoms with Crippen molar-refractivity contribution in [1.29, 1.82) is 0 Å². The van der Waals surface area contributed by atoms with Crippen LogP contribution in [0.15, 0.2) is 79.3 Å². The van der Waals surface area contributed by atoms with Crippen LogP contribution in [-0.4, -0.2) is 19.6 Å². The second-order valence-corrected chi connectivity index (χ2v) is 9.07. The maximum Gasteiger partial charge on any atom is 0.174 e. The Balaban J connectivity index is 1.62. The average molecular weight is 474 g/mol. The summed E-state index contributed by atoms with van der Waals surface area (Å²) in [5, 5.41) is 4.90. The minimum Gasteiger partial charge on any atom is -0.351 e. The number of aryl methyl sites for hydroxylation is 1. The van der Waals surface area contributed by atoms with Crippen molar-refractivity contribution >= 4 is 34.6 Å². The van der Waals surface area contributed by atoms with Gasteiger partial charge in [-0.25, -0.2) is 0 Å². The Kier molecular flexibility index (Phi) is 5.87. The van der Waals surface area contributed by atoms with Crippen molar-refractivity contribution in [3.63, 3.8) is 0 Å². The van der Waals surface area contributed by atoms with Gasteiger partial charge in [0.05, 0.1) is 17.8 Å². The van der Waals surface area contributed by atoms with E-state index < -0.39 is 0 Å². The van der Waals surface area contributed by atoms with Gasteiger partial charge in [-0.15, -0.1) is 0 Å². The molecular weight excluding hydrogens is 450 g/mol. The standard InChI is InChI=1S/C26H24ClN5S/c1-17-14-22(18(2)31(17)16-19-6-5-12-28-15-19)25-24(23-7-3-4-13-29-23)30-26(33)32(25)21-10-8-20(27)9-11-21/h3-15,24-25H,16H2,1-2H3,(H,30,33)/t24-,25-/m1/s1. The van der Waals surface area contributed by atoms with Gasteiger partial charge in [-0.1, -0.05) is 23.7 Å². The molecule has 0 bridgehead atoms. The van der Waals surface area contributed by atoms with E-state index in [4.69, 9.17) is 23.8 Å². The Morgan fingerprint density at radius 2 is 1.85 bits per heavy atom. The first-order valence-corrected chi connectivity index (χ1v) is 11.6. The fourth-order valence-corrected chi connectivity index (χ4v) is 5.07. The molecule has 4 aromatic rings. The fourth-order valence-electron chi connectivity index (χ4n) is 4.60.